The quantitative estimate of drug-likeness (QED) is 0.829. The zero-order valence-electron chi connectivity index (χ0n) is 8.70. The van der Waals surface area contributed by atoms with Crippen LogP contribution in [0.2, 0.25) is 0 Å². The maximum Gasteiger partial charge on any atom is 0.137 e. The van der Waals surface area contributed by atoms with Gasteiger partial charge in [0.05, 0.1) is 6.26 Å². The first kappa shape index (κ1) is 8.98. The molecule has 78 valence electrons. The molecule has 0 unspecified atom stereocenters. The van der Waals surface area contributed by atoms with Crippen molar-refractivity contribution in [3.05, 3.63) is 35.6 Å². The molecule has 1 aromatic heterocycles. The Bertz CT molecular complexity index is 482. The van der Waals surface area contributed by atoms with Crippen LogP contribution in [0.4, 0.5) is 0 Å². The second-order valence-electron chi connectivity index (χ2n) is 4.30. The normalized spacial score (nSPS) is 16.1. The molecule has 0 saturated heterocycles. The number of rotatable bonds is 3. The predicted molar refractivity (Wildman–Crippen MR) is 60.9 cm³/mol. The molecule has 0 radical (unpaired) electrons. The van der Waals surface area contributed by atoms with Crippen molar-refractivity contribution in [3.8, 4) is 0 Å². The van der Waals surface area contributed by atoms with E-state index in [1.807, 2.05) is 6.26 Å². The molecule has 1 aliphatic rings. The van der Waals surface area contributed by atoms with Crippen LogP contribution in [0.5, 0.6) is 0 Å². The summed E-state index contributed by atoms with van der Waals surface area (Å²) in [7, 11) is 0. The number of benzene rings is 1. The fourth-order valence-corrected chi connectivity index (χ4v) is 2.20. The van der Waals surface area contributed by atoms with Gasteiger partial charge in [-0.1, -0.05) is 18.2 Å². The van der Waals surface area contributed by atoms with Gasteiger partial charge in [-0.3, -0.25) is 0 Å². The van der Waals surface area contributed by atoms with Crippen LogP contribution in [0.25, 0.3) is 11.0 Å². The number of hydrogen-bond donors (Lipinski definition) is 1. The van der Waals surface area contributed by atoms with Crippen LogP contribution >= 0.6 is 0 Å². The third-order valence-electron chi connectivity index (χ3n) is 3.14. The summed E-state index contributed by atoms with van der Waals surface area (Å²) in [6.45, 7) is 0.679. The lowest BCUT2D eigenvalue weighted by Gasteiger charge is -1.99. The van der Waals surface area contributed by atoms with Gasteiger partial charge in [-0.15, -0.1) is 0 Å². The van der Waals surface area contributed by atoms with E-state index in [-0.39, 0.29) is 0 Å². The molecule has 1 heterocycles. The number of nitrogens with two attached hydrogens (primary N) is 1. The van der Waals surface area contributed by atoms with E-state index in [0.29, 0.717) is 6.54 Å². The van der Waals surface area contributed by atoms with E-state index in [0.717, 1.165) is 17.9 Å². The molecule has 1 aromatic carbocycles. The minimum Gasteiger partial charge on any atom is -0.464 e. The van der Waals surface area contributed by atoms with E-state index in [1.165, 1.54) is 29.4 Å². The Kier molecular flexibility index (Phi) is 2.03. The summed E-state index contributed by atoms with van der Waals surface area (Å²) in [6.07, 6.45) is 5.46. The van der Waals surface area contributed by atoms with Crippen molar-refractivity contribution >= 4 is 11.0 Å². The van der Waals surface area contributed by atoms with E-state index in [2.05, 4.69) is 18.2 Å². The van der Waals surface area contributed by atoms with Gasteiger partial charge < -0.3 is 10.2 Å². The third-order valence-corrected chi connectivity index (χ3v) is 3.14. The van der Waals surface area contributed by atoms with Gasteiger partial charge in [0.1, 0.15) is 5.58 Å². The van der Waals surface area contributed by atoms with Gasteiger partial charge in [-0.05, 0) is 37.3 Å². The molecule has 0 atom stereocenters. The molecule has 15 heavy (non-hydrogen) atoms. The highest BCUT2D eigenvalue weighted by molar-refractivity contribution is 5.84. The standard InChI is InChI=1S/C13H15NO/c14-7-6-10-2-1-3-11-12(9-4-5-9)8-15-13(10)11/h1-3,8-9H,4-7,14H2. The first-order valence-corrected chi connectivity index (χ1v) is 5.59. The average molecular weight is 201 g/mol. The number of para-hydroxylation sites is 1. The molecule has 0 aliphatic heterocycles. The van der Waals surface area contributed by atoms with E-state index in [4.69, 9.17) is 10.2 Å². The first-order chi connectivity index (χ1) is 7.40. The fraction of sp³-hybridized carbons (Fsp3) is 0.385. The van der Waals surface area contributed by atoms with Gasteiger partial charge in [0.25, 0.3) is 0 Å². The van der Waals surface area contributed by atoms with Crippen molar-refractivity contribution in [3.63, 3.8) is 0 Å². The molecule has 3 rings (SSSR count). The zero-order valence-corrected chi connectivity index (χ0v) is 8.70. The predicted octanol–water partition coefficient (Wildman–Crippen LogP) is 2.81. The minimum atomic E-state index is 0.679. The Morgan fingerprint density at radius 3 is 2.93 bits per heavy atom. The van der Waals surface area contributed by atoms with Crippen molar-refractivity contribution in [2.24, 2.45) is 5.73 Å². The molecule has 2 heteroatoms. The fourth-order valence-electron chi connectivity index (χ4n) is 2.20. The maximum atomic E-state index is 5.68. The van der Waals surface area contributed by atoms with E-state index in [9.17, 15) is 0 Å². The van der Waals surface area contributed by atoms with E-state index in [1.54, 1.807) is 0 Å². The van der Waals surface area contributed by atoms with Crippen molar-refractivity contribution in [1.82, 2.24) is 0 Å². The first-order valence-electron chi connectivity index (χ1n) is 5.59. The lowest BCUT2D eigenvalue weighted by molar-refractivity contribution is 0.606. The average Bonchev–Trinajstić information content (AvgIpc) is 3.00. The monoisotopic (exact) mass is 201 g/mol. The molecule has 1 aliphatic carbocycles. The summed E-state index contributed by atoms with van der Waals surface area (Å²) in [5.74, 6) is 0.749. The van der Waals surface area contributed by atoms with Crippen LogP contribution in [0, 0.1) is 0 Å². The zero-order chi connectivity index (χ0) is 10.3. The molecular formula is C13H15NO. The third kappa shape index (κ3) is 1.45. The Morgan fingerprint density at radius 2 is 2.20 bits per heavy atom. The molecule has 0 bridgehead atoms. The summed E-state index contributed by atoms with van der Waals surface area (Å²) < 4.78 is 5.68. The highest BCUT2D eigenvalue weighted by Crippen LogP contribution is 2.44. The number of hydrogen-bond acceptors (Lipinski definition) is 2. The van der Waals surface area contributed by atoms with Crippen molar-refractivity contribution in [1.29, 1.82) is 0 Å². The Balaban J connectivity index is 2.14. The molecule has 2 aromatic rings. The summed E-state index contributed by atoms with van der Waals surface area (Å²) in [4.78, 5) is 0. The Morgan fingerprint density at radius 1 is 1.33 bits per heavy atom. The van der Waals surface area contributed by atoms with Crippen molar-refractivity contribution < 1.29 is 4.42 Å². The van der Waals surface area contributed by atoms with Gasteiger partial charge in [0, 0.05) is 10.9 Å². The van der Waals surface area contributed by atoms with Gasteiger partial charge in [0.2, 0.25) is 0 Å². The second kappa shape index (κ2) is 3.38. The summed E-state index contributed by atoms with van der Waals surface area (Å²) in [6, 6.07) is 6.37. The highest BCUT2D eigenvalue weighted by atomic mass is 16.3. The summed E-state index contributed by atoms with van der Waals surface area (Å²) in [5.41, 5.74) is 9.27. The van der Waals surface area contributed by atoms with Gasteiger partial charge in [0.15, 0.2) is 0 Å². The largest absolute Gasteiger partial charge is 0.464 e. The van der Waals surface area contributed by atoms with Crippen LogP contribution in [0.1, 0.15) is 29.9 Å². The molecule has 1 saturated carbocycles. The lowest BCUT2D eigenvalue weighted by Crippen LogP contribution is -2.02. The van der Waals surface area contributed by atoms with Crippen LogP contribution in [0.3, 0.4) is 0 Å². The smallest absolute Gasteiger partial charge is 0.137 e. The van der Waals surface area contributed by atoms with E-state index >= 15 is 0 Å². The SMILES string of the molecule is NCCc1cccc2c(C3CC3)coc12. The molecule has 0 amide bonds. The van der Waals surface area contributed by atoms with Crippen LogP contribution < -0.4 is 5.73 Å². The minimum absolute atomic E-state index is 0.679. The maximum absolute atomic E-state index is 5.68. The number of furan rings is 1. The Labute approximate surface area is 89.1 Å². The topological polar surface area (TPSA) is 39.2 Å². The van der Waals surface area contributed by atoms with Gasteiger partial charge in [-0.2, -0.15) is 0 Å². The van der Waals surface area contributed by atoms with E-state index < -0.39 is 0 Å². The molecule has 1 fully saturated rings. The van der Waals surface area contributed by atoms with Crippen molar-refractivity contribution in [2.45, 2.75) is 25.2 Å². The van der Waals surface area contributed by atoms with Crippen molar-refractivity contribution in [2.75, 3.05) is 6.54 Å². The second-order valence-corrected chi connectivity index (χ2v) is 4.30. The van der Waals surface area contributed by atoms with Crippen LogP contribution in [-0.2, 0) is 6.42 Å². The van der Waals surface area contributed by atoms with Crippen LogP contribution in [0.15, 0.2) is 28.9 Å². The molecular weight excluding hydrogens is 186 g/mol. The highest BCUT2D eigenvalue weighted by Gasteiger charge is 2.27. The van der Waals surface area contributed by atoms with Gasteiger partial charge >= 0.3 is 0 Å². The van der Waals surface area contributed by atoms with Gasteiger partial charge in [-0.25, -0.2) is 0 Å². The summed E-state index contributed by atoms with van der Waals surface area (Å²) >= 11 is 0. The number of fused-ring (bicyclic) bond motifs is 1. The molecule has 2 N–H and O–H groups in total. The molecule has 0 spiro atoms. The summed E-state index contributed by atoms with van der Waals surface area (Å²) in [5, 5.41) is 1.29. The van der Waals surface area contributed by atoms with Crippen LogP contribution in [-0.4, -0.2) is 6.54 Å². The lowest BCUT2D eigenvalue weighted by atomic mass is 10.0. The Hall–Kier alpha value is -1.28. The molecule has 2 nitrogen and oxygen atoms in total.